The Kier molecular flexibility index (Phi) is 3.97. The zero-order chi connectivity index (χ0) is 14.9. The van der Waals surface area contributed by atoms with Crippen molar-refractivity contribution in [3.63, 3.8) is 0 Å². The van der Waals surface area contributed by atoms with Crippen molar-refractivity contribution >= 4 is 0 Å². The molecule has 0 aromatic heterocycles. The number of fused-ring (bicyclic) bond motifs is 1. The Morgan fingerprint density at radius 3 is 2.52 bits per heavy atom. The summed E-state index contributed by atoms with van der Waals surface area (Å²) in [7, 11) is 0. The number of alkyl halides is 3. The lowest BCUT2D eigenvalue weighted by molar-refractivity contribution is -0.163. The number of halogens is 3. The van der Waals surface area contributed by atoms with Gasteiger partial charge in [0.1, 0.15) is 6.04 Å². The van der Waals surface area contributed by atoms with Gasteiger partial charge in [0.25, 0.3) is 0 Å². The average molecular weight is 301 g/mol. The Bertz CT molecular complexity index is 504. The Balaban J connectivity index is 1.79. The van der Waals surface area contributed by atoms with Crippen molar-refractivity contribution in [2.75, 3.05) is 13.2 Å². The first-order valence-electron chi connectivity index (χ1n) is 7.26. The van der Waals surface area contributed by atoms with Gasteiger partial charge in [-0.2, -0.15) is 13.2 Å². The van der Waals surface area contributed by atoms with E-state index in [-0.39, 0.29) is 12.5 Å². The molecule has 1 saturated heterocycles. The van der Waals surface area contributed by atoms with Crippen molar-refractivity contribution in [2.24, 2.45) is 0 Å². The number of hydrogen-bond acceptors (Lipinski definition) is 3. The molecule has 1 N–H and O–H groups in total. The van der Waals surface area contributed by atoms with Crippen LogP contribution >= 0.6 is 0 Å². The molecule has 6 heteroatoms. The Morgan fingerprint density at radius 1 is 1.00 bits per heavy atom. The summed E-state index contributed by atoms with van der Waals surface area (Å²) < 4.78 is 49.7. The van der Waals surface area contributed by atoms with Crippen molar-refractivity contribution in [3.05, 3.63) is 23.8 Å². The molecule has 0 spiro atoms. The number of rotatable bonds is 1. The third kappa shape index (κ3) is 3.26. The fourth-order valence-electron chi connectivity index (χ4n) is 2.85. The van der Waals surface area contributed by atoms with Crippen molar-refractivity contribution < 1.29 is 22.6 Å². The Morgan fingerprint density at radius 2 is 1.76 bits per heavy atom. The molecule has 0 saturated carbocycles. The standard InChI is InChI=1S/C15H18F3NO2/c16-15(17,18)14-4-1-3-11(19-14)10-5-6-12-13(9-10)21-8-2-7-20-12/h5-6,9,11,14,19H,1-4,7-8H2. The lowest BCUT2D eigenvalue weighted by Gasteiger charge is -2.32. The van der Waals surface area contributed by atoms with Gasteiger partial charge in [-0.3, -0.25) is 5.32 Å². The van der Waals surface area contributed by atoms with Crippen molar-refractivity contribution in [1.29, 1.82) is 0 Å². The van der Waals surface area contributed by atoms with Crippen LogP contribution in [0.1, 0.15) is 37.3 Å². The average Bonchev–Trinajstić information content (AvgIpc) is 2.71. The van der Waals surface area contributed by atoms with E-state index in [1.807, 2.05) is 6.07 Å². The molecule has 2 atom stereocenters. The van der Waals surface area contributed by atoms with Gasteiger partial charge in [0.05, 0.1) is 13.2 Å². The van der Waals surface area contributed by atoms with E-state index in [0.29, 0.717) is 37.6 Å². The smallest absolute Gasteiger partial charge is 0.403 e. The topological polar surface area (TPSA) is 30.5 Å². The molecule has 3 nitrogen and oxygen atoms in total. The number of ether oxygens (including phenoxy) is 2. The minimum absolute atomic E-state index is 0.143. The van der Waals surface area contributed by atoms with E-state index in [1.54, 1.807) is 12.1 Å². The maximum atomic E-state index is 12.9. The predicted octanol–water partition coefficient (Wildman–Crippen LogP) is 3.59. The SMILES string of the molecule is FC(F)(F)C1CCCC(c2ccc3c(c2)OCCCO3)N1. The molecule has 1 aromatic rings. The molecule has 1 fully saturated rings. The molecule has 2 heterocycles. The number of benzene rings is 1. The number of nitrogens with one attached hydrogen (secondary N) is 1. The van der Waals surface area contributed by atoms with Gasteiger partial charge in [-0.25, -0.2) is 0 Å². The molecule has 116 valence electrons. The minimum Gasteiger partial charge on any atom is -0.490 e. The van der Waals surface area contributed by atoms with Gasteiger partial charge in [0.15, 0.2) is 11.5 Å². The van der Waals surface area contributed by atoms with Gasteiger partial charge in [-0.15, -0.1) is 0 Å². The Hall–Kier alpha value is -1.43. The summed E-state index contributed by atoms with van der Waals surface area (Å²) in [5.41, 5.74) is 0.827. The number of hydrogen-bond donors (Lipinski definition) is 1. The third-order valence-electron chi connectivity index (χ3n) is 3.96. The summed E-state index contributed by atoms with van der Waals surface area (Å²) in [5.74, 6) is 1.29. The highest BCUT2D eigenvalue weighted by atomic mass is 19.4. The molecule has 2 aliphatic rings. The largest absolute Gasteiger partial charge is 0.490 e. The second-order valence-corrected chi connectivity index (χ2v) is 5.50. The second-order valence-electron chi connectivity index (χ2n) is 5.50. The van der Waals surface area contributed by atoms with Gasteiger partial charge in [0.2, 0.25) is 0 Å². The van der Waals surface area contributed by atoms with Crippen LogP contribution in [0.15, 0.2) is 18.2 Å². The molecule has 2 unspecified atom stereocenters. The summed E-state index contributed by atoms with van der Waals surface area (Å²) in [6.07, 6.45) is -1.97. The summed E-state index contributed by atoms with van der Waals surface area (Å²) in [6, 6.07) is 3.70. The van der Waals surface area contributed by atoms with Crippen LogP contribution < -0.4 is 14.8 Å². The Labute approximate surface area is 121 Å². The zero-order valence-corrected chi connectivity index (χ0v) is 11.6. The summed E-state index contributed by atoms with van der Waals surface area (Å²) in [4.78, 5) is 0. The van der Waals surface area contributed by atoms with Crippen LogP contribution in [0.25, 0.3) is 0 Å². The molecule has 1 aromatic carbocycles. The highest BCUT2D eigenvalue weighted by Gasteiger charge is 2.42. The van der Waals surface area contributed by atoms with Crippen molar-refractivity contribution in [3.8, 4) is 11.5 Å². The van der Waals surface area contributed by atoms with Crippen LogP contribution in [0.2, 0.25) is 0 Å². The summed E-state index contributed by atoms with van der Waals surface area (Å²) >= 11 is 0. The van der Waals surface area contributed by atoms with E-state index in [2.05, 4.69) is 5.32 Å². The zero-order valence-electron chi connectivity index (χ0n) is 11.6. The van der Waals surface area contributed by atoms with Crippen LogP contribution in [-0.2, 0) is 0 Å². The summed E-state index contributed by atoms with van der Waals surface area (Å²) in [6.45, 7) is 1.17. The molecule has 0 radical (unpaired) electrons. The monoisotopic (exact) mass is 301 g/mol. The number of piperidine rings is 1. The van der Waals surface area contributed by atoms with Gasteiger partial charge >= 0.3 is 6.18 Å². The van der Waals surface area contributed by atoms with Crippen LogP contribution in [0.5, 0.6) is 11.5 Å². The van der Waals surface area contributed by atoms with Gasteiger partial charge < -0.3 is 9.47 Å². The molecule has 2 aliphatic heterocycles. The highest BCUT2D eigenvalue weighted by Crippen LogP contribution is 2.37. The first-order chi connectivity index (χ1) is 10.0. The molecule has 21 heavy (non-hydrogen) atoms. The molecule has 0 aliphatic carbocycles. The lowest BCUT2D eigenvalue weighted by atomic mass is 9.93. The molecule has 0 amide bonds. The fourth-order valence-corrected chi connectivity index (χ4v) is 2.85. The normalized spacial score (nSPS) is 26.2. The molecule has 0 bridgehead atoms. The van der Waals surface area contributed by atoms with E-state index in [1.165, 1.54) is 0 Å². The maximum Gasteiger partial charge on any atom is 0.403 e. The molecule has 3 rings (SSSR count). The lowest BCUT2D eigenvalue weighted by Crippen LogP contribution is -2.46. The fraction of sp³-hybridized carbons (Fsp3) is 0.600. The van der Waals surface area contributed by atoms with Crippen LogP contribution in [0.4, 0.5) is 13.2 Å². The first kappa shape index (κ1) is 14.5. The highest BCUT2D eigenvalue weighted by molar-refractivity contribution is 5.44. The molecular weight excluding hydrogens is 283 g/mol. The van der Waals surface area contributed by atoms with Crippen LogP contribution in [-0.4, -0.2) is 25.4 Å². The van der Waals surface area contributed by atoms with Gasteiger partial charge in [0, 0.05) is 12.5 Å². The van der Waals surface area contributed by atoms with E-state index in [0.717, 1.165) is 12.0 Å². The third-order valence-corrected chi connectivity index (χ3v) is 3.96. The quantitative estimate of drug-likeness (QED) is 0.860. The van der Waals surface area contributed by atoms with Crippen LogP contribution in [0.3, 0.4) is 0 Å². The van der Waals surface area contributed by atoms with E-state index < -0.39 is 12.2 Å². The van der Waals surface area contributed by atoms with E-state index in [4.69, 9.17) is 9.47 Å². The predicted molar refractivity (Wildman–Crippen MR) is 71.6 cm³/mol. The van der Waals surface area contributed by atoms with Gasteiger partial charge in [-0.1, -0.05) is 6.07 Å². The van der Waals surface area contributed by atoms with Crippen LogP contribution in [0, 0.1) is 0 Å². The minimum atomic E-state index is -4.19. The molecular formula is C15H18F3NO2. The van der Waals surface area contributed by atoms with E-state index in [9.17, 15) is 13.2 Å². The second kappa shape index (κ2) is 5.75. The van der Waals surface area contributed by atoms with Crippen molar-refractivity contribution in [1.82, 2.24) is 5.32 Å². The summed E-state index contributed by atoms with van der Waals surface area (Å²) in [5, 5.41) is 2.71. The van der Waals surface area contributed by atoms with Gasteiger partial charge in [-0.05, 0) is 37.0 Å². The maximum absolute atomic E-state index is 12.9. The first-order valence-corrected chi connectivity index (χ1v) is 7.26. The van der Waals surface area contributed by atoms with Crippen molar-refractivity contribution in [2.45, 2.75) is 43.9 Å². The van der Waals surface area contributed by atoms with E-state index >= 15 is 0 Å².